The lowest BCUT2D eigenvalue weighted by Gasteiger charge is -2.07. The number of hydrogen-bond acceptors (Lipinski definition) is 1. The minimum atomic E-state index is 0.234. The first-order valence-electron chi connectivity index (χ1n) is 2.43. The van der Waals surface area contributed by atoms with E-state index in [1.807, 2.05) is 0 Å². The predicted octanol–water partition coefficient (Wildman–Crippen LogP) is 1.40. The van der Waals surface area contributed by atoms with E-state index in [4.69, 9.17) is 5.11 Å². The Morgan fingerprint density at radius 3 is 2.00 bits per heavy atom. The van der Waals surface area contributed by atoms with Crippen LogP contribution in [0.5, 0.6) is 0 Å². The SMILES string of the molecule is CC(C)[C@H](Br)CO. The Kier molecular flexibility index (Phi) is 3.66. The van der Waals surface area contributed by atoms with Crippen molar-refractivity contribution in [1.29, 1.82) is 0 Å². The van der Waals surface area contributed by atoms with Crippen LogP contribution < -0.4 is 0 Å². The second-order valence-corrected chi connectivity index (χ2v) is 3.12. The molecule has 0 aliphatic heterocycles. The smallest absolute Gasteiger partial charge is 0.0558 e. The molecule has 2 heteroatoms. The number of aliphatic hydroxyl groups excluding tert-OH is 1. The van der Waals surface area contributed by atoms with Gasteiger partial charge >= 0.3 is 0 Å². The van der Waals surface area contributed by atoms with Gasteiger partial charge in [0.1, 0.15) is 0 Å². The van der Waals surface area contributed by atoms with Crippen LogP contribution >= 0.6 is 15.9 Å². The molecule has 1 nitrogen and oxygen atoms in total. The van der Waals surface area contributed by atoms with Crippen LogP contribution in [-0.2, 0) is 0 Å². The zero-order chi connectivity index (χ0) is 5.86. The van der Waals surface area contributed by atoms with Crippen LogP contribution in [-0.4, -0.2) is 16.5 Å². The summed E-state index contributed by atoms with van der Waals surface area (Å²) in [6.07, 6.45) is 0. The van der Waals surface area contributed by atoms with E-state index in [0.29, 0.717) is 5.92 Å². The zero-order valence-electron chi connectivity index (χ0n) is 4.69. The molecule has 0 rings (SSSR count). The lowest BCUT2D eigenvalue weighted by Crippen LogP contribution is -2.10. The van der Waals surface area contributed by atoms with Gasteiger partial charge in [0, 0.05) is 4.83 Å². The first kappa shape index (κ1) is 7.44. The molecule has 0 bridgehead atoms. The molecule has 0 heterocycles. The molecule has 0 aromatic carbocycles. The highest BCUT2D eigenvalue weighted by Crippen LogP contribution is 2.09. The summed E-state index contributed by atoms with van der Waals surface area (Å²) in [5.41, 5.74) is 0. The number of alkyl halides is 1. The van der Waals surface area contributed by atoms with Crippen molar-refractivity contribution in [2.45, 2.75) is 18.7 Å². The van der Waals surface area contributed by atoms with Gasteiger partial charge in [0.25, 0.3) is 0 Å². The zero-order valence-corrected chi connectivity index (χ0v) is 6.27. The van der Waals surface area contributed by atoms with Gasteiger partial charge in [-0.2, -0.15) is 0 Å². The lowest BCUT2D eigenvalue weighted by molar-refractivity contribution is 0.277. The van der Waals surface area contributed by atoms with E-state index in [1.165, 1.54) is 0 Å². The largest absolute Gasteiger partial charge is 0.395 e. The Morgan fingerprint density at radius 1 is 1.57 bits per heavy atom. The van der Waals surface area contributed by atoms with Crippen molar-refractivity contribution in [2.24, 2.45) is 5.92 Å². The predicted molar refractivity (Wildman–Crippen MR) is 34.6 cm³/mol. The Balaban J connectivity index is 3.14. The maximum Gasteiger partial charge on any atom is 0.0558 e. The monoisotopic (exact) mass is 166 g/mol. The van der Waals surface area contributed by atoms with Gasteiger partial charge < -0.3 is 5.11 Å². The number of hydrogen-bond donors (Lipinski definition) is 1. The van der Waals surface area contributed by atoms with Crippen LogP contribution in [0, 0.1) is 5.92 Å². The van der Waals surface area contributed by atoms with E-state index in [-0.39, 0.29) is 11.4 Å². The van der Waals surface area contributed by atoms with Gasteiger partial charge in [0.2, 0.25) is 0 Å². The minimum absolute atomic E-state index is 0.234. The Bertz CT molecular complexity index is 45.3. The van der Waals surface area contributed by atoms with Gasteiger partial charge in [-0.15, -0.1) is 0 Å². The molecule has 0 saturated carbocycles. The highest BCUT2D eigenvalue weighted by atomic mass is 79.9. The summed E-state index contributed by atoms with van der Waals surface area (Å²) in [6.45, 7) is 4.36. The van der Waals surface area contributed by atoms with Crippen molar-refractivity contribution in [3.8, 4) is 0 Å². The maximum atomic E-state index is 8.46. The van der Waals surface area contributed by atoms with Crippen molar-refractivity contribution in [3.63, 3.8) is 0 Å². The summed E-state index contributed by atoms with van der Waals surface area (Å²) in [7, 11) is 0. The summed E-state index contributed by atoms with van der Waals surface area (Å²) >= 11 is 3.29. The molecule has 1 N–H and O–H groups in total. The standard InChI is InChI=1S/C5H11BrO/c1-4(2)5(6)3-7/h4-5,7H,3H2,1-2H3/t5-/m1/s1. The van der Waals surface area contributed by atoms with Crippen LogP contribution in [0.2, 0.25) is 0 Å². The molecule has 0 unspecified atom stereocenters. The third kappa shape index (κ3) is 3.06. The summed E-state index contributed by atoms with van der Waals surface area (Å²) in [4.78, 5) is 0.271. The topological polar surface area (TPSA) is 20.2 Å². The first-order valence-corrected chi connectivity index (χ1v) is 3.35. The summed E-state index contributed by atoms with van der Waals surface area (Å²) in [5, 5.41) is 8.46. The van der Waals surface area contributed by atoms with Gasteiger partial charge in [-0.05, 0) is 5.92 Å². The second-order valence-electron chi connectivity index (χ2n) is 1.94. The molecule has 0 aliphatic carbocycles. The van der Waals surface area contributed by atoms with Gasteiger partial charge in [0.15, 0.2) is 0 Å². The molecule has 1 atom stereocenters. The molecule has 0 aromatic heterocycles. The maximum absolute atomic E-state index is 8.46. The Morgan fingerprint density at radius 2 is 2.00 bits per heavy atom. The Hall–Kier alpha value is 0.440. The summed E-state index contributed by atoms with van der Waals surface area (Å²) in [5.74, 6) is 0.532. The van der Waals surface area contributed by atoms with E-state index in [0.717, 1.165) is 0 Å². The van der Waals surface area contributed by atoms with E-state index < -0.39 is 0 Å². The molecule has 0 saturated heterocycles. The average molecular weight is 167 g/mol. The van der Waals surface area contributed by atoms with Crippen LogP contribution in [0.25, 0.3) is 0 Å². The quantitative estimate of drug-likeness (QED) is 0.616. The van der Waals surface area contributed by atoms with Crippen molar-refractivity contribution in [1.82, 2.24) is 0 Å². The van der Waals surface area contributed by atoms with Gasteiger partial charge in [-0.1, -0.05) is 29.8 Å². The molecule has 44 valence electrons. The van der Waals surface area contributed by atoms with Crippen molar-refractivity contribution < 1.29 is 5.11 Å². The number of rotatable bonds is 2. The van der Waals surface area contributed by atoms with Crippen molar-refractivity contribution >= 4 is 15.9 Å². The fourth-order valence-corrected chi connectivity index (χ4v) is 0.211. The van der Waals surface area contributed by atoms with Crippen LogP contribution in [0.15, 0.2) is 0 Å². The van der Waals surface area contributed by atoms with E-state index in [9.17, 15) is 0 Å². The van der Waals surface area contributed by atoms with E-state index in [1.54, 1.807) is 0 Å². The van der Waals surface area contributed by atoms with Crippen molar-refractivity contribution in [2.75, 3.05) is 6.61 Å². The molecule has 0 spiro atoms. The van der Waals surface area contributed by atoms with Gasteiger partial charge in [-0.25, -0.2) is 0 Å². The highest BCUT2D eigenvalue weighted by Gasteiger charge is 2.04. The fraction of sp³-hybridized carbons (Fsp3) is 1.00. The molecule has 7 heavy (non-hydrogen) atoms. The van der Waals surface area contributed by atoms with Crippen molar-refractivity contribution in [3.05, 3.63) is 0 Å². The third-order valence-corrected chi connectivity index (χ3v) is 2.24. The van der Waals surface area contributed by atoms with E-state index in [2.05, 4.69) is 29.8 Å². The van der Waals surface area contributed by atoms with Gasteiger partial charge in [0.05, 0.1) is 6.61 Å². The molecular formula is C5H11BrO. The fourth-order valence-electron chi connectivity index (χ4n) is 0.211. The molecule has 0 amide bonds. The average Bonchev–Trinajstić information content (AvgIpc) is 1.65. The molecule has 0 aromatic rings. The minimum Gasteiger partial charge on any atom is -0.395 e. The number of aliphatic hydroxyl groups is 1. The van der Waals surface area contributed by atoms with Crippen LogP contribution in [0.3, 0.4) is 0 Å². The van der Waals surface area contributed by atoms with Gasteiger partial charge in [-0.3, -0.25) is 0 Å². The van der Waals surface area contributed by atoms with Crippen LogP contribution in [0.4, 0.5) is 0 Å². The molecular weight excluding hydrogens is 156 g/mol. The first-order chi connectivity index (χ1) is 3.18. The summed E-state index contributed by atoms with van der Waals surface area (Å²) in [6, 6.07) is 0. The molecule has 0 aliphatic rings. The Labute approximate surface area is 52.9 Å². The molecule has 0 fully saturated rings. The third-order valence-electron chi connectivity index (χ3n) is 0.898. The lowest BCUT2D eigenvalue weighted by atomic mass is 10.1. The molecule has 0 radical (unpaired) electrons. The normalized spacial score (nSPS) is 15.0. The highest BCUT2D eigenvalue weighted by molar-refractivity contribution is 9.09. The van der Waals surface area contributed by atoms with E-state index >= 15 is 0 Å². The summed E-state index contributed by atoms with van der Waals surface area (Å²) < 4.78 is 0. The second kappa shape index (κ2) is 3.44. The van der Waals surface area contributed by atoms with Crippen LogP contribution in [0.1, 0.15) is 13.8 Å². The number of halogens is 1.